The molecule has 1 saturated heterocycles. The molecular weight excluding hydrogens is 294 g/mol. The van der Waals surface area contributed by atoms with Gasteiger partial charge in [-0.25, -0.2) is 4.98 Å². The largest absolute Gasteiger partial charge is 0.343 e. The molecule has 0 saturated carbocycles. The van der Waals surface area contributed by atoms with E-state index in [0.717, 1.165) is 54.5 Å². The molecule has 1 aliphatic rings. The van der Waals surface area contributed by atoms with Crippen LogP contribution in [0.2, 0.25) is 0 Å². The molecule has 3 heterocycles. The minimum atomic E-state index is 0.269. The molecule has 0 unspecified atom stereocenters. The van der Waals surface area contributed by atoms with E-state index in [1.807, 2.05) is 17.0 Å². The lowest BCUT2D eigenvalue weighted by molar-refractivity contribution is -0.132. The Labute approximate surface area is 135 Å². The van der Waals surface area contributed by atoms with Crippen molar-refractivity contribution in [1.29, 1.82) is 0 Å². The van der Waals surface area contributed by atoms with Gasteiger partial charge in [0.25, 0.3) is 0 Å². The van der Waals surface area contributed by atoms with Crippen molar-refractivity contribution >= 4 is 17.2 Å². The molecule has 0 spiro atoms. The second kappa shape index (κ2) is 7.01. The maximum absolute atomic E-state index is 12.2. The number of carbonyl (C=O) groups is 1. The number of aryl methyl sites for hydroxylation is 1. The van der Waals surface area contributed by atoms with Gasteiger partial charge in [0, 0.05) is 42.8 Å². The highest BCUT2D eigenvalue weighted by Crippen LogP contribution is 2.23. The Hall–Kier alpha value is -1.75. The molecule has 2 aromatic rings. The lowest BCUT2D eigenvalue weighted by Crippen LogP contribution is -2.38. The van der Waals surface area contributed by atoms with Gasteiger partial charge < -0.3 is 4.90 Å². The minimum absolute atomic E-state index is 0.269. The number of nitrogens with zero attached hydrogens (tertiary/aromatic N) is 3. The summed E-state index contributed by atoms with van der Waals surface area (Å²) in [6.07, 6.45) is 7.11. The first-order valence-electron chi connectivity index (χ1n) is 7.85. The summed E-state index contributed by atoms with van der Waals surface area (Å²) in [7, 11) is 0. The maximum Gasteiger partial charge on any atom is 0.222 e. The van der Waals surface area contributed by atoms with Crippen LogP contribution in [0.1, 0.15) is 31.9 Å². The first-order valence-corrected chi connectivity index (χ1v) is 8.73. The Morgan fingerprint density at radius 3 is 2.77 bits per heavy atom. The van der Waals surface area contributed by atoms with Gasteiger partial charge in [-0.05, 0) is 37.3 Å². The van der Waals surface area contributed by atoms with E-state index < -0.39 is 0 Å². The molecule has 0 atom stereocenters. The Balaban J connectivity index is 1.54. The molecule has 0 aromatic carbocycles. The van der Waals surface area contributed by atoms with Crippen LogP contribution in [0.25, 0.3) is 10.6 Å². The van der Waals surface area contributed by atoms with E-state index >= 15 is 0 Å². The van der Waals surface area contributed by atoms with E-state index in [1.54, 1.807) is 23.7 Å². The molecule has 0 radical (unpaired) electrons. The first-order chi connectivity index (χ1) is 10.7. The third-order valence-corrected chi connectivity index (χ3v) is 5.15. The molecule has 1 fully saturated rings. The Morgan fingerprint density at radius 1 is 1.32 bits per heavy atom. The zero-order chi connectivity index (χ0) is 15.4. The fraction of sp³-hybridized carbons (Fsp3) is 0.471. The molecule has 0 bridgehead atoms. The van der Waals surface area contributed by atoms with Gasteiger partial charge in [-0.1, -0.05) is 6.92 Å². The van der Waals surface area contributed by atoms with Crippen LogP contribution in [0.15, 0.2) is 29.9 Å². The molecule has 2 aromatic heterocycles. The SMILES string of the molecule is CC1CCN(C(=O)CCc2csc(-c3ccncc3)n2)CC1. The van der Waals surface area contributed by atoms with Crippen molar-refractivity contribution in [2.45, 2.75) is 32.6 Å². The van der Waals surface area contributed by atoms with Crippen molar-refractivity contribution < 1.29 is 4.79 Å². The average molecular weight is 315 g/mol. The zero-order valence-electron chi connectivity index (χ0n) is 12.9. The highest BCUT2D eigenvalue weighted by atomic mass is 32.1. The van der Waals surface area contributed by atoms with Crippen molar-refractivity contribution in [2.75, 3.05) is 13.1 Å². The van der Waals surface area contributed by atoms with Crippen LogP contribution in [0.5, 0.6) is 0 Å². The molecule has 0 N–H and O–H groups in total. The van der Waals surface area contributed by atoms with E-state index in [1.165, 1.54) is 0 Å². The number of pyridine rings is 1. The minimum Gasteiger partial charge on any atom is -0.343 e. The molecule has 1 aliphatic heterocycles. The summed E-state index contributed by atoms with van der Waals surface area (Å²) < 4.78 is 0. The number of thiazole rings is 1. The molecule has 1 amide bonds. The number of aromatic nitrogens is 2. The van der Waals surface area contributed by atoms with E-state index in [4.69, 9.17) is 0 Å². The summed E-state index contributed by atoms with van der Waals surface area (Å²) in [5.74, 6) is 1.02. The number of likely N-dealkylation sites (tertiary alicyclic amines) is 1. The van der Waals surface area contributed by atoms with Crippen LogP contribution < -0.4 is 0 Å². The van der Waals surface area contributed by atoms with Crippen molar-refractivity contribution in [3.8, 4) is 10.6 Å². The normalized spacial score (nSPS) is 16.0. The van der Waals surface area contributed by atoms with Crippen LogP contribution in [0, 0.1) is 5.92 Å². The molecule has 0 aliphatic carbocycles. The summed E-state index contributed by atoms with van der Waals surface area (Å²) in [5, 5.41) is 3.05. The third kappa shape index (κ3) is 3.71. The third-order valence-electron chi connectivity index (χ3n) is 4.21. The van der Waals surface area contributed by atoms with Gasteiger partial charge in [0.15, 0.2) is 0 Å². The highest BCUT2D eigenvalue weighted by molar-refractivity contribution is 7.13. The highest BCUT2D eigenvalue weighted by Gasteiger charge is 2.20. The van der Waals surface area contributed by atoms with Crippen molar-refractivity contribution in [3.63, 3.8) is 0 Å². The summed E-state index contributed by atoms with van der Waals surface area (Å²) in [6, 6.07) is 3.92. The predicted octanol–water partition coefficient (Wildman–Crippen LogP) is 3.40. The fourth-order valence-corrected chi connectivity index (χ4v) is 3.56. The second-order valence-electron chi connectivity index (χ2n) is 5.94. The Bertz CT molecular complexity index is 618. The number of rotatable bonds is 4. The summed E-state index contributed by atoms with van der Waals surface area (Å²) in [5.41, 5.74) is 2.10. The van der Waals surface area contributed by atoms with Crippen LogP contribution >= 0.6 is 11.3 Å². The fourth-order valence-electron chi connectivity index (χ4n) is 2.70. The number of amides is 1. The van der Waals surface area contributed by atoms with Crippen molar-refractivity contribution in [3.05, 3.63) is 35.6 Å². The first kappa shape index (κ1) is 15.2. The van der Waals surface area contributed by atoms with Crippen molar-refractivity contribution in [2.24, 2.45) is 5.92 Å². The van der Waals surface area contributed by atoms with Crippen molar-refractivity contribution in [1.82, 2.24) is 14.9 Å². The van der Waals surface area contributed by atoms with Gasteiger partial charge in [-0.15, -0.1) is 11.3 Å². The molecule has 4 nitrogen and oxygen atoms in total. The predicted molar refractivity (Wildman–Crippen MR) is 88.6 cm³/mol. The van der Waals surface area contributed by atoms with Crippen LogP contribution in [-0.2, 0) is 11.2 Å². The molecule has 22 heavy (non-hydrogen) atoms. The maximum atomic E-state index is 12.2. The van der Waals surface area contributed by atoms with Gasteiger partial charge in [-0.3, -0.25) is 9.78 Å². The van der Waals surface area contributed by atoms with E-state index in [2.05, 4.69) is 22.3 Å². The summed E-state index contributed by atoms with van der Waals surface area (Å²) >= 11 is 1.63. The monoisotopic (exact) mass is 315 g/mol. The standard InChI is InChI=1S/C17H21N3OS/c1-13-6-10-20(11-7-13)16(21)3-2-15-12-22-17(19-15)14-4-8-18-9-5-14/h4-5,8-9,12-13H,2-3,6-7,10-11H2,1H3. The van der Waals surface area contributed by atoms with Gasteiger partial charge in [0.2, 0.25) is 5.91 Å². The number of carbonyl (C=O) groups excluding carboxylic acids is 1. The summed E-state index contributed by atoms with van der Waals surface area (Å²) in [6.45, 7) is 4.09. The van der Waals surface area contributed by atoms with Crippen LogP contribution in [-0.4, -0.2) is 33.9 Å². The van der Waals surface area contributed by atoms with Crippen LogP contribution in [0.4, 0.5) is 0 Å². The van der Waals surface area contributed by atoms with Gasteiger partial charge >= 0.3 is 0 Å². The number of piperidine rings is 1. The number of hydrogen-bond donors (Lipinski definition) is 0. The Morgan fingerprint density at radius 2 is 2.05 bits per heavy atom. The lowest BCUT2D eigenvalue weighted by atomic mass is 9.99. The van der Waals surface area contributed by atoms with Crippen LogP contribution in [0.3, 0.4) is 0 Å². The molecule has 116 valence electrons. The average Bonchev–Trinajstić information content (AvgIpc) is 3.03. The lowest BCUT2D eigenvalue weighted by Gasteiger charge is -2.30. The van der Waals surface area contributed by atoms with Gasteiger partial charge in [0.05, 0.1) is 5.69 Å². The summed E-state index contributed by atoms with van der Waals surface area (Å²) in [4.78, 5) is 22.9. The Kier molecular flexibility index (Phi) is 4.83. The second-order valence-corrected chi connectivity index (χ2v) is 6.80. The van der Waals surface area contributed by atoms with E-state index in [0.29, 0.717) is 6.42 Å². The topological polar surface area (TPSA) is 46.1 Å². The van der Waals surface area contributed by atoms with E-state index in [-0.39, 0.29) is 5.91 Å². The quantitative estimate of drug-likeness (QED) is 0.869. The smallest absolute Gasteiger partial charge is 0.222 e. The van der Waals surface area contributed by atoms with E-state index in [9.17, 15) is 4.79 Å². The molecule has 5 heteroatoms. The number of hydrogen-bond acceptors (Lipinski definition) is 4. The molecule has 3 rings (SSSR count). The zero-order valence-corrected chi connectivity index (χ0v) is 13.7. The van der Waals surface area contributed by atoms with Gasteiger partial charge in [0.1, 0.15) is 5.01 Å². The molecular formula is C17H21N3OS. The van der Waals surface area contributed by atoms with Gasteiger partial charge in [-0.2, -0.15) is 0 Å².